The van der Waals surface area contributed by atoms with E-state index in [9.17, 15) is 9.59 Å². The van der Waals surface area contributed by atoms with Gasteiger partial charge in [-0.15, -0.1) is 0 Å². The molecule has 0 saturated carbocycles. The number of carbonyl (C=O) groups is 1. The van der Waals surface area contributed by atoms with Gasteiger partial charge in [-0.05, 0) is 24.6 Å². The van der Waals surface area contributed by atoms with Crippen molar-refractivity contribution >= 4 is 11.6 Å². The van der Waals surface area contributed by atoms with E-state index in [-0.39, 0.29) is 18.0 Å². The van der Waals surface area contributed by atoms with E-state index in [1.807, 2.05) is 6.07 Å². The van der Waals surface area contributed by atoms with Crippen molar-refractivity contribution in [3.8, 4) is 6.07 Å². The highest BCUT2D eigenvalue weighted by molar-refractivity contribution is 5.90. The Morgan fingerprint density at radius 1 is 1.48 bits per heavy atom. The first kappa shape index (κ1) is 14.5. The zero-order valence-electron chi connectivity index (χ0n) is 11.6. The van der Waals surface area contributed by atoms with Crippen LogP contribution in [0.1, 0.15) is 18.4 Å². The van der Waals surface area contributed by atoms with Gasteiger partial charge in [-0.3, -0.25) is 9.36 Å². The third kappa shape index (κ3) is 3.79. The maximum absolute atomic E-state index is 11.8. The largest absolute Gasteiger partial charge is 0.345 e. The summed E-state index contributed by atoms with van der Waals surface area (Å²) in [5.74, 6) is -0.158. The zero-order valence-corrected chi connectivity index (χ0v) is 11.6. The fraction of sp³-hybridized carbons (Fsp3) is 0.286. The van der Waals surface area contributed by atoms with E-state index in [0.717, 1.165) is 0 Å². The topological polar surface area (TPSA) is 92.7 Å². The van der Waals surface area contributed by atoms with E-state index < -0.39 is 0 Å². The van der Waals surface area contributed by atoms with E-state index in [1.54, 1.807) is 31.3 Å². The second-order valence-corrected chi connectivity index (χ2v) is 4.59. The summed E-state index contributed by atoms with van der Waals surface area (Å²) in [7, 11) is 1.63. The molecule has 1 amide bonds. The normalized spacial score (nSPS) is 10.1. The number of aryl methyl sites for hydroxylation is 2. The van der Waals surface area contributed by atoms with E-state index in [2.05, 4.69) is 10.4 Å². The lowest BCUT2D eigenvalue weighted by Gasteiger charge is -2.05. The highest BCUT2D eigenvalue weighted by Crippen LogP contribution is 2.10. The first-order valence-electron chi connectivity index (χ1n) is 6.48. The van der Waals surface area contributed by atoms with Crippen LogP contribution in [0, 0.1) is 11.3 Å². The Kier molecular flexibility index (Phi) is 4.51. The smallest absolute Gasteiger partial charge is 0.326 e. The maximum atomic E-state index is 11.8. The minimum Gasteiger partial charge on any atom is -0.326 e. The molecule has 0 saturated heterocycles. The number of nitriles is 1. The summed E-state index contributed by atoms with van der Waals surface area (Å²) in [6.07, 6.45) is 2.23. The second-order valence-electron chi connectivity index (χ2n) is 4.59. The van der Waals surface area contributed by atoms with E-state index in [4.69, 9.17) is 5.26 Å². The number of amides is 1. The van der Waals surface area contributed by atoms with Crippen molar-refractivity contribution < 1.29 is 4.79 Å². The number of carbonyl (C=O) groups excluding carboxylic acids is 1. The summed E-state index contributed by atoms with van der Waals surface area (Å²) < 4.78 is 2.71. The molecule has 0 atom stereocenters. The lowest BCUT2D eigenvalue weighted by Crippen LogP contribution is -2.23. The quantitative estimate of drug-likeness (QED) is 0.882. The molecule has 1 N–H and O–H groups in total. The number of nitrogens with one attached hydrogen (secondary N) is 1. The highest BCUT2D eigenvalue weighted by Gasteiger charge is 2.05. The van der Waals surface area contributed by atoms with Crippen LogP contribution in [0.5, 0.6) is 0 Å². The van der Waals surface area contributed by atoms with Crippen LogP contribution in [-0.4, -0.2) is 20.3 Å². The molecule has 0 aliphatic rings. The average molecular weight is 285 g/mol. The van der Waals surface area contributed by atoms with Crippen LogP contribution in [0.25, 0.3) is 0 Å². The van der Waals surface area contributed by atoms with Crippen LogP contribution < -0.4 is 11.0 Å². The van der Waals surface area contributed by atoms with Crippen LogP contribution in [0.2, 0.25) is 0 Å². The third-order valence-corrected chi connectivity index (χ3v) is 2.94. The molecular weight excluding hydrogens is 270 g/mol. The van der Waals surface area contributed by atoms with E-state index >= 15 is 0 Å². The Labute approximate surface area is 121 Å². The molecule has 0 spiro atoms. The van der Waals surface area contributed by atoms with Crippen molar-refractivity contribution in [3.05, 3.63) is 46.6 Å². The molecule has 1 aromatic heterocycles. The third-order valence-electron chi connectivity index (χ3n) is 2.94. The molecular formula is C14H15N5O2. The number of benzene rings is 1. The molecule has 1 heterocycles. The molecule has 2 aromatic rings. The molecule has 7 heteroatoms. The fourth-order valence-corrected chi connectivity index (χ4v) is 1.85. The molecule has 0 bridgehead atoms. The van der Waals surface area contributed by atoms with Gasteiger partial charge in [0, 0.05) is 25.7 Å². The molecule has 7 nitrogen and oxygen atoms in total. The summed E-state index contributed by atoms with van der Waals surface area (Å²) >= 11 is 0. The molecule has 0 aliphatic carbocycles. The number of hydrogen-bond donors (Lipinski definition) is 1. The molecule has 108 valence electrons. The Hall–Kier alpha value is -2.88. The van der Waals surface area contributed by atoms with Crippen molar-refractivity contribution in [2.45, 2.75) is 19.4 Å². The number of hydrogen-bond acceptors (Lipinski definition) is 4. The molecule has 0 unspecified atom stereocenters. The molecule has 1 aromatic carbocycles. The lowest BCUT2D eigenvalue weighted by molar-refractivity contribution is -0.116. The van der Waals surface area contributed by atoms with Crippen molar-refractivity contribution in [3.63, 3.8) is 0 Å². The molecule has 2 rings (SSSR count). The summed E-state index contributed by atoms with van der Waals surface area (Å²) in [6.45, 7) is 0.394. The maximum Gasteiger partial charge on any atom is 0.345 e. The summed E-state index contributed by atoms with van der Waals surface area (Å²) in [5.41, 5.74) is 0.888. The van der Waals surface area contributed by atoms with Gasteiger partial charge in [-0.1, -0.05) is 6.07 Å². The van der Waals surface area contributed by atoms with E-state index in [1.165, 1.54) is 15.6 Å². The standard InChI is InChI=1S/C14H15N5O2/c1-18-10-16-19(14(18)21)7-3-6-13(20)17-12-5-2-4-11(8-12)9-15/h2,4-5,8,10H,3,6-7H2,1H3,(H,17,20). The number of nitrogens with zero attached hydrogens (tertiary/aromatic N) is 4. The Morgan fingerprint density at radius 2 is 2.29 bits per heavy atom. The van der Waals surface area contributed by atoms with Gasteiger partial charge in [0.05, 0.1) is 11.6 Å². The van der Waals surface area contributed by atoms with Crippen molar-refractivity contribution in [1.82, 2.24) is 14.3 Å². The highest BCUT2D eigenvalue weighted by atomic mass is 16.2. The van der Waals surface area contributed by atoms with Gasteiger partial charge in [0.25, 0.3) is 0 Å². The molecule has 0 fully saturated rings. The molecule has 21 heavy (non-hydrogen) atoms. The van der Waals surface area contributed by atoms with Crippen LogP contribution in [0.4, 0.5) is 5.69 Å². The minimum atomic E-state index is -0.197. The number of anilines is 1. The average Bonchev–Trinajstić information content (AvgIpc) is 2.79. The Balaban J connectivity index is 1.84. The van der Waals surface area contributed by atoms with Crippen LogP contribution >= 0.6 is 0 Å². The number of rotatable bonds is 5. The lowest BCUT2D eigenvalue weighted by atomic mass is 10.2. The van der Waals surface area contributed by atoms with Gasteiger partial charge in [0.1, 0.15) is 6.33 Å². The first-order valence-corrected chi connectivity index (χ1v) is 6.48. The summed E-state index contributed by atoms with van der Waals surface area (Å²) in [6, 6.07) is 8.73. The van der Waals surface area contributed by atoms with E-state index in [0.29, 0.717) is 24.2 Å². The second kappa shape index (κ2) is 6.52. The van der Waals surface area contributed by atoms with Gasteiger partial charge >= 0.3 is 5.69 Å². The summed E-state index contributed by atoms with van der Waals surface area (Å²) in [4.78, 5) is 23.3. The first-order chi connectivity index (χ1) is 10.1. The zero-order chi connectivity index (χ0) is 15.2. The SMILES string of the molecule is Cn1cnn(CCCC(=O)Nc2cccc(C#N)c2)c1=O. The summed E-state index contributed by atoms with van der Waals surface area (Å²) in [5, 5.41) is 15.4. The van der Waals surface area contributed by atoms with Gasteiger partial charge < -0.3 is 5.32 Å². The van der Waals surface area contributed by atoms with Gasteiger partial charge in [-0.25, -0.2) is 9.48 Å². The molecule has 0 aliphatic heterocycles. The Morgan fingerprint density at radius 3 is 2.95 bits per heavy atom. The Bertz CT molecular complexity index is 738. The van der Waals surface area contributed by atoms with Crippen LogP contribution in [0.15, 0.2) is 35.4 Å². The predicted molar refractivity (Wildman–Crippen MR) is 76.5 cm³/mol. The predicted octanol–water partition coefficient (Wildman–Crippen LogP) is 0.872. The fourth-order valence-electron chi connectivity index (χ4n) is 1.85. The number of aromatic nitrogens is 3. The van der Waals surface area contributed by atoms with Gasteiger partial charge in [0.15, 0.2) is 0 Å². The minimum absolute atomic E-state index is 0.158. The van der Waals surface area contributed by atoms with Gasteiger partial charge in [-0.2, -0.15) is 10.4 Å². The van der Waals surface area contributed by atoms with Crippen LogP contribution in [0.3, 0.4) is 0 Å². The van der Waals surface area contributed by atoms with Crippen molar-refractivity contribution in [2.75, 3.05) is 5.32 Å². The monoisotopic (exact) mass is 285 g/mol. The van der Waals surface area contributed by atoms with Crippen LogP contribution in [-0.2, 0) is 18.4 Å². The van der Waals surface area contributed by atoms with Crippen molar-refractivity contribution in [1.29, 1.82) is 5.26 Å². The van der Waals surface area contributed by atoms with Crippen molar-refractivity contribution in [2.24, 2.45) is 7.05 Å². The molecule has 0 radical (unpaired) electrons. The van der Waals surface area contributed by atoms with Gasteiger partial charge in [0.2, 0.25) is 5.91 Å².